The molecule has 0 aliphatic carbocycles. The van der Waals surface area contributed by atoms with Crippen LogP contribution in [0.4, 0.5) is 0 Å². The third kappa shape index (κ3) is 3.33. The predicted octanol–water partition coefficient (Wildman–Crippen LogP) is 3.94. The first-order valence-corrected chi connectivity index (χ1v) is 7.11. The maximum absolute atomic E-state index is 6.11. The normalized spacial score (nSPS) is 12.2. The SMILES string of the molecule is COc1ccc(Cl)cc1C(CN)Cc1ccccc1C. The van der Waals surface area contributed by atoms with Gasteiger partial charge in [-0.15, -0.1) is 0 Å². The van der Waals surface area contributed by atoms with Gasteiger partial charge in [0.05, 0.1) is 7.11 Å². The fraction of sp³-hybridized carbons (Fsp3) is 0.294. The van der Waals surface area contributed by atoms with E-state index in [4.69, 9.17) is 22.1 Å². The van der Waals surface area contributed by atoms with Gasteiger partial charge in [0.2, 0.25) is 0 Å². The summed E-state index contributed by atoms with van der Waals surface area (Å²) in [5.74, 6) is 1.04. The summed E-state index contributed by atoms with van der Waals surface area (Å²) < 4.78 is 5.44. The zero-order valence-corrected chi connectivity index (χ0v) is 12.7. The Balaban J connectivity index is 2.33. The molecule has 0 fully saturated rings. The second kappa shape index (κ2) is 6.78. The summed E-state index contributed by atoms with van der Waals surface area (Å²) in [6.07, 6.45) is 0.889. The van der Waals surface area contributed by atoms with Crippen molar-refractivity contribution in [3.8, 4) is 5.75 Å². The molecule has 0 spiro atoms. The molecule has 20 heavy (non-hydrogen) atoms. The van der Waals surface area contributed by atoms with E-state index in [9.17, 15) is 0 Å². The average Bonchev–Trinajstić information content (AvgIpc) is 2.46. The molecule has 0 radical (unpaired) electrons. The standard InChI is InChI=1S/C17H20ClNO/c1-12-5-3-4-6-13(12)9-14(11-19)16-10-15(18)7-8-17(16)20-2/h3-8,10,14H,9,11,19H2,1-2H3. The minimum absolute atomic E-state index is 0.199. The molecular formula is C17H20ClNO. The van der Waals surface area contributed by atoms with Gasteiger partial charge in [-0.3, -0.25) is 0 Å². The molecule has 0 saturated carbocycles. The van der Waals surface area contributed by atoms with Crippen LogP contribution in [0.25, 0.3) is 0 Å². The van der Waals surface area contributed by atoms with E-state index >= 15 is 0 Å². The minimum atomic E-state index is 0.199. The first-order chi connectivity index (χ1) is 9.65. The van der Waals surface area contributed by atoms with Crippen LogP contribution >= 0.6 is 11.6 Å². The van der Waals surface area contributed by atoms with Crippen LogP contribution in [0.15, 0.2) is 42.5 Å². The second-order valence-electron chi connectivity index (χ2n) is 4.95. The number of nitrogens with two attached hydrogens (primary N) is 1. The molecule has 2 rings (SSSR count). The van der Waals surface area contributed by atoms with E-state index in [-0.39, 0.29) is 5.92 Å². The third-order valence-electron chi connectivity index (χ3n) is 3.64. The summed E-state index contributed by atoms with van der Waals surface area (Å²) in [5.41, 5.74) is 9.65. The van der Waals surface area contributed by atoms with Crippen molar-refractivity contribution in [2.45, 2.75) is 19.3 Å². The van der Waals surface area contributed by atoms with Crippen molar-refractivity contribution in [3.05, 3.63) is 64.2 Å². The Morgan fingerprint density at radius 1 is 1.20 bits per heavy atom. The molecule has 1 atom stereocenters. The Kier molecular flexibility index (Phi) is 5.05. The molecule has 0 heterocycles. The van der Waals surface area contributed by atoms with Crippen molar-refractivity contribution in [2.75, 3.05) is 13.7 Å². The minimum Gasteiger partial charge on any atom is -0.496 e. The molecule has 0 saturated heterocycles. The van der Waals surface area contributed by atoms with Crippen molar-refractivity contribution in [1.29, 1.82) is 0 Å². The average molecular weight is 290 g/mol. The molecule has 0 aliphatic heterocycles. The number of hydrogen-bond acceptors (Lipinski definition) is 2. The zero-order valence-electron chi connectivity index (χ0n) is 11.9. The van der Waals surface area contributed by atoms with Gasteiger partial charge in [0.25, 0.3) is 0 Å². The van der Waals surface area contributed by atoms with Gasteiger partial charge in [-0.25, -0.2) is 0 Å². The van der Waals surface area contributed by atoms with Crippen molar-refractivity contribution >= 4 is 11.6 Å². The van der Waals surface area contributed by atoms with E-state index in [1.54, 1.807) is 7.11 Å². The highest BCUT2D eigenvalue weighted by Gasteiger charge is 2.16. The number of benzene rings is 2. The first kappa shape index (κ1) is 14.9. The van der Waals surface area contributed by atoms with Crippen molar-refractivity contribution in [1.82, 2.24) is 0 Å². The molecule has 1 unspecified atom stereocenters. The van der Waals surface area contributed by atoms with Crippen LogP contribution < -0.4 is 10.5 Å². The van der Waals surface area contributed by atoms with Gasteiger partial charge in [0.15, 0.2) is 0 Å². The van der Waals surface area contributed by atoms with Crippen LogP contribution in [0.5, 0.6) is 5.75 Å². The summed E-state index contributed by atoms with van der Waals surface area (Å²) in [7, 11) is 1.67. The Bertz CT molecular complexity index is 583. The smallest absolute Gasteiger partial charge is 0.122 e. The lowest BCUT2D eigenvalue weighted by molar-refractivity contribution is 0.405. The number of rotatable bonds is 5. The highest BCUT2D eigenvalue weighted by atomic mass is 35.5. The largest absolute Gasteiger partial charge is 0.496 e. The van der Waals surface area contributed by atoms with Gasteiger partial charge in [-0.2, -0.15) is 0 Å². The summed E-state index contributed by atoms with van der Waals surface area (Å²) in [6.45, 7) is 2.68. The van der Waals surface area contributed by atoms with E-state index in [2.05, 4.69) is 31.2 Å². The zero-order chi connectivity index (χ0) is 14.5. The number of methoxy groups -OCH3 is 1. The first-order valence-electron chi connectivity index (χ1n) is 6.73. The Hall–Kier alpha value is -1.51. The molecule has 0 bridgehead atoms. The maximum atomic E-state index is 6.11. The second-order valence-corrected chi connectivity index (χ2v) is 5.39. The van der Waals surface area contributed by atoms with Crippen molar-refractivity contribution < 1.29 is 4.74 Å². The molecule has 0 aromatic heterocycles. The lowest BCUT2D eigenvalue weighted by Crippen LogP contribution is -2.16. The molecule has 2 aromatic rings. The van der Waals surface area contributed by atoms with Gasteiger partial charge in [0.1, 0.15) is 5.75 Å². The summed E-state index contributed by atoms with van der Waals surface area (Å²) in [4.78, 5) is 0. The maximum Gasteiger partial charge on any atom is 0.122 e. The number of hydrogen-bond donors (Lipinski definition) is 1. The number of halogens is 1. The van der Waals surface area contributed by atoms with Gasteiger partial charge >= 0.3 is 0 Å². The van der Waals surface area contributed by atoms with Gasteiger partial charge in [0, 0.05) is 16.5 Å². The molecule has 2 nitrogen and oxygen atoms in total. The number of ether oxygens (including phenoxy) is 1. The highest BCUT2D eigenvalue weighted by Crippen LogP contribution is 2.31. The third-order valence-corrected chi connectivity index (χ3v) is 3.88. The van der Waals surface area contributed by atoms with Crippen LogP contribution in [-0.2, 0) is 6.42 Å². The lowest BCUT2D eigenvalue weighted by Gasteiger charge is -2.19. The quantitative estimate of drug-likeness (QED) is 0.905. The summed E-state index contributed by atoms with van der Waals surface area (Å²) >= 11 is 6.11. The van der Waals surface area contributed by atoms with Crippen molar-refractivity contribution in [2.24, 2.45) is 5.73 Å². The van der Waals surface area contributed by atoms with E-state index in [1.807, 2.05) is 18.2 Å². The van der Waals surface area contributed by atoms with Crippen LogP contribution in [0.2, 0.25) is 5.02 Å². The fourth-order valence-electron chi connectivity index (χ4n) is 2.45. The van der Waals surface area contributed by atoms with Crippen LogP contribution in [0.3, 0.4) is 0 Å². The van der Waals surface area contributed by atoms with Gasteiger partial charge < -0.3 is 10.5 Å². The summed E-state index contributed by atoms with van der Waals surface area (Å²) in [5, 5.41) is 0.712. The monoisotopic (exact) mass is 289 g/mol. The molecular weight excluding hydrogens is 270 g/mol. The highest BCUT2D eigenvalue weighted by molar-refractivity contribution is 6.30. The molecule has 0 amide bonds. The van der Waals surface area contributed by atoms with E-state index in [0.29, 0.717) is 11.6 Å². The Labute approximate surface area is 125 Å². The topological polar surface area (TPSA) is 35.2 Å². The molecule has 2 aromatic carbocycles. The molecule has 3 heteroatoms. The van der Waals surface area contributed by atoms with Gasteiger partial charge in [-0.1, -0.05) is 35.9 Å². The molecule has 0 aliphatic rings. The van der Waals surface area contributed by atoms with Crippen LogP contribution in [0.1, 0.15) is 22.6 Å². The lowest BCUT2D eigenvalue weighted by atomic mass is 9.89. The van der Waals surface area contributed by atoms with E-state index < -0.39 is 0 Å². The van der Waals surface area contributed by atoms with Gasteiger partial charge in [-0.05, 0) is 49.2 Å². The van der Waals surface area contributed by atoms with E-state index in [0.717, 1.165) is 17.7 Å². The predicted molar refractivity (Wildman–Crippen MR) is 84.7 cm³/mol. The summed E-state index contributed by atoms with van der Waals surface area (Å²) in [6, 6.07) is 14.1. The Morgan fingerprint density at radius 3 is 2.60 bits per heavy atom. The van der Waals surface area contributed by atoms with Crippen LogP contribution in [0, 0.1) is 6.92 Å². The Morgan fingerprint density at radius 2 is 1.95 bits per heavy atom. The van der Waals surface area contributed by atoms with Crippen LogP contribution in [-0.4, -0.2) is 13.7 Å². The molecule has 106 valence electrons. The fourth-order valence-corrected chi connectivity index (χ4v) is 2.63. The van der Waals surface area contributed by atoms with Crippen molar-refractivity contribution in [3.63, 3.8) is 0 Å². The molecule has 2 N–H and O–H groups in total. The van der Waals surface area contributed by atoms with E-state index in [1.165, 1.54) is 11.1 Å². The number of aryl methyl sites for hydroxylation is 1.